The van der Waals surface area contributed by atoms with Crippen LogP contribution in [-0.4, -0.2) is 39.0 Å². The van der Waals surface area contributed by atoms with Crippen molar-refractivity contribution in [3.63, 3.8) is 0 Å². The summed E-state index contributed by atoms with van der Waals surface area (Å²) in [7, 11) is -2.38. The van der Waals surface area contributed by atoms with Crippen molar-refractivity contribution in [3.8, 4) is 0 Å². The molecule has 8 heteroatoms. The second-order valence-electron chi connectivity index (χ2n) is 4.10. The Morgan fingerprint density at radius 2 is 1.95 bits per heavy atom. The molecular weight excluding hydrogens is 284 g/mol. The first-order chi connectivity index (χ1) is 9.27. The molecule has 0 saturated carbocycles. The molecule has 7 nitrogen and oxygen atoms in total. The molecule has 110 valence electrons. The molecule has 0 bridgehead atoms. The van der Waals surface area contributed by atoms with Gasteiger partial charge in [-0.05, 0) is 24.6 Å². The van der Waals surface area contributed by atoms with Crippen LogP contribution in [0.3, 0.4) is 0 Å². The Hall–Kier alpha value is -1.93. The van der Waals surface area contributed by atoms with Crippen molar-refractivity contribution in [1.82, 2.24) is 10.0 Å². The maximum absolute atomic E-state index is 12.0. The summed E-state index contributed by atoms with van der Waals surface area (Å²) >= 11 is 0. The molecule has 0 aliphatic rings. The minimum Gasteiger partial charge on any atom is -0.478 e. The van der Waals surface area contributed by atoms with Gasteiger partial charge in [-0.25, -0.2) is 17.9 Å². The topological polar surface area (TPSA) is 113 Å². The number of aromatic carboxylic acids is 1. The lowest BCUT2D eigenvalue weighted by Gasteiger charge is -2.08. The maximum Gasteiger partial charge on any atom is 0.335 e. The summed E-state index contributed by atoms with van der Waals surface area (Å²) < 4.78 is 26.1. The van der Waals surface area contributed by atoms with Crippen LogP contribution in [0.2, 0.25) is 0 Å². The summed E-state index contributed by atoms with van der Waals surface area (Å²) in [6.45, 7) is 1.52. The van der Waals surface area contributed by atoms with Gasteiger partial charge in [0.15, 0.2) is 0 Å². The number of nitrogens with one attached hydrogen (secondary N) is 2. The standard InChI is InChI=1S/C12H16N2O5S/c1-8-3-4-9(7-10(8)12(16)17)20(18,19)14-6-5-11(15)13-2/h3-4,7,14H,5-6H2,1-2H3,(H,13,15)(H,16,17). The molecule has 1 amide bonds. The third-order valence-electron chi connectivity index (χ3n) is 2.67. The monoisotopic (exact) mass is 300 g/mol. The number of carboxylic acids is 1. The van der Waals surface area contributed by atoms with E-state index in [0.29, 0.717) is 5.56 Å². The van der Waals surface area contributed by atoms with Crippen LogP contribution in [0, 0.1) is 6.92 Å². The zero-order valence-electron chi connectivity index (χ0n) is 11.1. The fraction of sp³-hybridized carbons (Fsp3) is 0.333. The van der Waals surface area contributed by atoms with Gasteiger partial charge < -0.3 is 10.4 Å². The van der Waals surface area contributed by atoms with E-state index in [1.54, 1.807) is 6.92 Å². The quantitative estimate of drug-likeness (QED) is 0.690. The molecule has 0 fully saturated rings. The summed E-state index contributed by atoms with van der Waals surface area (Å²) in [6.07, 6.45) is 0.00732. The third-order valence-corrected chi connectivity index (χ3v) is 4.13. The van der Waals surface area contributed by atoms with E-state index in [1.807, 2.05) is 0 Å². The zero-order valence-corrected chi connectivity index (χ0v) is 12.0. The summed E-state index contributed by atoms with van der Waals surface area (Å²) in [5, 5.41) is 11.3. The highest BCUT2D eigenvalue weighted by molar-refractivity contribution is 7.89. The highest BCUT2D eigenvalue weighted by Gasteiger charge is 2.17. The van der Waals surface area contributed by atoms with Crippen molar-refractivity contribution in [3.05, 3.63) is 29.3 Å². The van der Waals surface area contributed by atoms with E-state index in [1.165, 1.54) is 19.2 Å². The number of amides is 1. The first-order valence-corrected chi connectivity index (χ1v) is 7.30. The maximum atomic E-state index is 12.0. The van der Waals surface area contributed by atoms with E-state index in [4.69, 9.17) is 5.11 Å². The fourth-order valence-electron chi connectivity index (χ4n) is 1.51. The van der Waals surface area contributed by atoms with E-state index in [9.17, 15) is 18.0 Å². The molecule has 0 aliphatic carbocycles. The van der Waals surface area contributed by atoms with Gasteiger partial charge in [0, 0.05) is 20.0 Å². The Labute approximate surface area is 117 Å². The Morgan fingerprint density at radius 1 is 1.30 bits per heavy atom. The van der Waals surface area contributed by atoms with Gasteiger partial charge in [0.05, 0.1) is 10.5 Å². The fourth-order valence-corrected chi connectivity index (χ4v) is 2.56. The molecule has 1 rings (SSSR count). The number of hydrogen-bond acceptors (Lipinski definition) is 4. The predicted octanol–water partition coefficient (Wildman–Crippen LogP) is 0.108. The van der Waals surface area contributed by atoms with Gasteiger partial charge in [0.25, 0.3) is 0 Å². The van der Waals surface area contributed by atoms with Crippen LogP contribution in [-0.2, 0) is 14.8 Å². The lowest BCUT2D eigenvalue weighted by Crippen LogP contribution is -2.29. The van der Waals surface area contributed by atoms with Crippen molar-refractivity contribution in [2.75, 3.05) is 13.6 Å². The van der Waals surface area contributed by atoms with Gasteiger partial charge in [0.1, 0.15) is 0 Å². The number of rotatable bonds is 6. The summed E-state index contributed by atoms with van der Waals surface area (Å²) in [5.41, 5.74) is 0.404. The number of hydrogen-bond donors (Lipinski definition) is 3. The molecule has 20 heavy (non-hydrogen) atoms. The second kappa shape index (κ2) is 6.49. The van der Waals surface area contributed by atoms with Crippen molar-refractivity contribution in [2.45, 2.75) is 18.2 Å². The number of carboxylic acid groups (broad SMARTS) is 1. The molecule has 0 aromatic heterocycles. The molecular formula is C12H16N2O5S. The Kier molecular flexibility index (Phi) is 5.23. The molecule has 0 aliphatic heterocycles. The van der Waals surface area contributed by atoms with Crippen molar-refractivity contribution >= 4 is 21.9 Å². The van der Waals surface area contributed by atoms with Crippen LogP contribution in [0.15, 0.2) is 23.1 Å². The minimum absolute atomic E-state index is 0.00732. The van der Waals surface area contributed by atoms with Gasteiger partial charge in [0.2, 0.25) is 15.9 Å². The zero-order chi connectivity index (χ0) is 15.3. The van der Waals surface area contributed by atoms with E-state index in [0.717, 1.165) is 6.07 Å². The lowest BCUT2D eigenvalue weighted by atomic mass is 10.1. The van der Waals surface area contributed by atoms with Gasteiger partial charge in [-0.15, -0.1) is 0 Å². The Morgan fingerprint density at radius 3 is 2.50 bits per heavy atom. The molecule has 3 N–H and O–H groups in total. The van der Waals surface area contributed by atoms with Crippen LogP contribution < -0.4 is 10.0 Å². The minimum atomic E-state index is -3.83. The van der Waals surface area contributed by atoms with Crippen molar-refractivity contribution in [2.24, 2.45) is 0 Å². The van der Waals surface area contributed by atoms with Crippen LogP contribution in [0.5, 0.6) is 0 Å². The normalized spacial score (nSPS) is 11.1. The van der Waals surface area contributed by atoms with Crippen molar-refractivity contribution in [1.29, 1.82) is 0 Å². The molecule has 0 spiro atoms. The van der Waals surface area contributed by atoms with E-state index in [-0.39, 0.29) is 29.3 Å². The van der Waals surface area contributed by atoms with Crippen LogP contribution in [0.25, 0.3) is 0 Å². The van der Waals surface area contributed by atoms with Crippen LogP contribution >= 0.6 is 0 Å². The smallest absolute Gasteiger partial charge is 0.335 e. The highest BCUT2D eigenvalue weighted by Crippen LogP contribution is 2.15. The molecule has 0 atom stereocenters. The molecule has 0 radical (unpaired) electrons. The first kappa shape index (κ1) is 16.1. The largest absolute Gasteiger partial charge is 0.478 e. The van der Waals surface area contributed by atoms with Gasteiger partial charge in [-0.3, -0.25) is 4.79 Å². The lowest BCUT2D eigenvalue weighted by molar-refractivity contribution is -0.120. The van der Waals surface area contributed by atoms with E-state index >= 15 is 0 Å². The Balaban J connectivity index is 2.90. The van der Waals surface area contributed by atoms with E-state index < -0.39 is 16.0 Å². The summed E-state index contributed by atoms with van der Waals surface area (Å²) in [5.74, 6) is -1.48. The molecule has 1 aromatic rings. The molecule has 0 unspecified atom stereocenters. The summed E-state index contributed by atoms with van der Waals surface area (Å²) in [4.78, 5) is 21.8. The van der Waals surface area contributed by atoms with Crippen molar-refractivity contribution < 1.29 is 23.1 Å². The van der Waals surface area contributed by atoms with Gasteiger partial charge in [-0.2, -0.15) is 0 Å². The van der Waals surface area contributed by atoms with Gasteiger partial charge >= 0.3 is 5.97 Å². The molecule has 0 saturated heterocycles. The van der Waals surface area contributed by atoms with Crippen LogP contribution in [0.4, 0.5) is 0 Å². The predicted molar refractivity (Wildman–Crippen MR) is 72.0 cm³/mol. The van der Waals surface area contributed by atoms with E-state index in [2.05, 4.69) is 10.0 Å². The van der Waals surface area contributed by atoms with Gasteiger partial charge in [-0.1, -0.05) is 6.07 Å². The number of benzene rings is 1. The first-order valence-electron chi connectivity index (χ1n) is 5.82. The number of carbonyl (C=O) groups is 2. The average molecular weight is 300 g/mol. The SMILES string of the molecule is CNC(=O)CCNS(=O)(=O)c1ccc(C)c(C(=O)O)c1. The number of carbonyl (C=O) groups excluding carboxylic acids is 1. The molecule has 0 heterocycles. The average Bonchev–Trinajstić information content (AvgIpc) is 2.38. The number of sulfonamides is 1. The third kappa shape index (κ3) is 4.04. The Bertz CT molecular complexity index is 625. The number of aryl methyl sites for hydroxylation is 1. The summed E-state index contributed by atoms with van der Waals surface area (Å²) in [6, 6.07) is 3.85. The highest BCUT2D eigenvalue weighted by atomic mass is 32.2. The second-order valence-corrected chi connectivity index (χ2v) is 5.87. The van der Waals surface area contributed by atoms with Crippen LogP contribution in [0.1, 0.15) is 22.3 Å². The molecule has 1 aromatic carbocycles.